The van der Waals surface area contributed by atoms with Gasteiger partial charge in [-0.15, -0.1) is 11.6 Å². The Balaban J connectivity index is 1.99. The number of alkyl halides is 1. The second-order valence-corrected chi connectivity index (χ2v) is 6.31. The van der Waals surface area contributed by atoms with Crippen molar-refractivity contribution in [2.45, 2.75) is 50.4 Å². The first-order chi connectivity index (χ1) is 10.3. The van der Waals surface area contributed by atoms with E-state index in [0.717, 1.165) is 11.4 Å². The Morgan fingerprint density at radius 1 is 1.10 bits per heavy atom. The molecule has 2 nitrogen and oxygen atoms in total. The molecule has 0 N–H and O–H groups in total. The highest BCUT2D eigenvalue weighted by atomic mass is 35.5. The van der Waals surface area contributed by atoms with E-state index in [9.17, 15) is 0 Å². The monoisotopic (exact) mass is 302 g/mol. The van der Waals surface area contributed by atoms with Crippen LogP contribution in [0.1, 0.15) is 44.1 Å². The van der Waals surface area contributed by atoms with Gasteiger partial charge in [-0.2, -0.15) is 0 Å². The summed E-state index contributed by atoms with van der Waals surface area (Å²) in [4.78, 5) is 7.12. The Labute approximate surface area is 132 Å². The molecule has 0 atom stereocenters. The smallest absolute Gasteiger partial charge is 0.136 e. The normalized spacial score (nSPS) is 16.9. The molecule has 1 aromatic heterocycles. The van der Waals surface area contributed by atoms with Crippen LogP contribution < -0.4 is 4.90 Å². The van der Waals surface area contributed by atoms with Gasteiger partial charge in [0.1, 0.15) is 5.82 Å². The van der Waals surface area contributed by atoms with Crippen LogP contribution in [0.25, 0.3) is 10.8 Å². The Kier molecular flexibility index (Phi) is 4.64. The number of fused-ring (bicyclic) bond motifs is 1. The van der Waals surface area contributed by atoms with E-state index >= 15 is 0 Å². The van der Waals surface area contributed by atoms with Crippen LogP contribution in [0.5, 0.6) is 0 Å². The predicted molar refractivity (Wildman–Crippen MR) is 91.2 cm³/mol. The molecule has 1 heterocycles. The van der Waals surface area contributed by atoms with Crippen molar-refractivity contribution < 1.29 is 0 Å². The molecule has 1 aliphatic carbocycles. The number of halogens is 1. The summed E-state index contributed by atoms with van der Waals surface area (Å²) in [5.74, 6) is 1.62. The molecule has 3 rings (SSSR count). The van der Waals surface area contributed by atoms with E-state index < -0.39 is 0 Å². The van der Waals surface area contributed by atoms with Crippen molar-refractivity contribution in [1.29, 1.82) is 0 Å². The molecular weight excluding hydrogens is 280 g/mol. The topological polar surface area (TPSA) is 16.1 Å². The van der Waals surface area contributed by atoms with Crippen molar-refractivity contribution in [3.63, 3.8) is 0 Å². The van der Waals surface area contributed by atoms with Gasteiger partial charge in [0.2, 0.25) is 0 Å². The molecule has 0 amide bonds. The fourth-order valence-corrected chi connectivity index (χ4v) is 3.65. The Morgan fingerprint density at radius 2 is 1.76 bits per heavy atom. The van der Waals surface area contributed by atoms with Gasteiger partial charge in [-0.25, -0.2) is 4.98 Å². The lowest BCUT2D eigenvalue weighted by Gasteiger charge is -2.29. The molecule has 2 aromatic rings. The molecule has 1 aromatic carbocycles. The zero-order valence-electron chi connectivity index (χ0n) is 12.7. The predicted octanol–water partition coefficient (Wildman–Crippen LogP) is 5.13. The van der Waals surface area contributed by atoms with E-state index in [1.807, 2.05) is 6.20 Å². The first-order valence-corrected chi connectivity index (χ1v) is 8.50. The number of rotatable bonds is 3. The number of hydrogen-bond donors (Lipinski definition) is 0. The van der Waals surface area contributed by atoms with Crippen LogP contribution in [0.4, 0.5) is 5.82 Å². The van der Waals surface area contributed by atoms with Crippen LogP contribution in [0, 0.1) is 0 Å². The number of benzene rings is 1. The summed E-state index contributed by atoms with van der Waals surface area (Å²) in [6.07, 6.45) is 9.94. The maximum atomic E-state index is 6.05. The van der Waals surface area contributed by atoms with Crippen LogP contribution in [0.3, 0.4) is 0 Å². The molecule has 0 unspecified atom stereocenters. The molecule has 1 aliphatic rings. The van der Waals surface area contributed by atoms with Crippen LogP contribution >= 0.6 is 11.6 Å². The highest BCUT2D eigenvalue weighted by molar-refractivity contribution is 6.18. The number of anilines is 1. The van der Waals surface area contributed by atoms with Crippen molar-refractivity contribution in [2.75, 3.05) is 11.9 Å². The highest BCUT2D eigenvalue weighted by Crippen LogP contribution is 2.31. The minimum absolute atomic E-state index is 0.515. The third kappa shape index (κ3) is 3.01. The molecule has 0 bridgehead atoms. The molecule has 0 spiro atoms. The van der Waals surface area contributed by atoms with Crippen LogP contribution in [0.2, 0.25) is 0 Å². The van der Waals surface area contributed by atoms with Crippen molar-refractivity contribution in [3.05, 3.63) is 36.0 Å². The number of aromatic nitrogens is 1. The van der Waals surface area contributed by atoms with Gasteiger partial charge < -0.3 is 4.90 Å². The SMILES string of the molecule is CN(c1ncc(CCl)c2ccccc12)C1CCCCCC1. The molecule has 21 heavy (non-hydrogen) atoms. The summed E-state index contributed by atoms with van der Waals surface area (Å²) < 4.78 is 0. The molecule has 1 saturated carbocycles. The molecule has 1 fully saturated rings. The van der Waals surface area contributed by atoms with Gasteiger partial charge in [0.15, 0.2) is 0 Å². The third-order valence-electron chi connectivity index (χ3n) is 4.71. The lowest BCUT2D eigenvalue weighted by atomic mass is 10.0. The molecular formula is C18H23ClN2. The van der Waals surface area contributed by atoms with Gasteiger partial charge in [-0.1, -0.05) is 49.9 Å². The second-order valence-electron chi connectivity index (χ2n) is 6.04. The van der Waals surface area contributed by atoms with E-state index in [-0.39, 0.29) is 0 Å². The Bertz CT molecular complexity index is 603. The fraction of sp³-hybridized carbons (Fsp3) is 0.500. The molecule has 112 valence electrons. The van der Waals surface area contributed by atoms with Gasteiger partial charge in [0, 0.05) is 30.6 Å². The molecule has 0 aliphatic heterocycles. The molecule has 0 radical (unpaired) electrons. The average molecular weight is 303 g/mol. The molecule has 3 heteroatoms. The van der Waals surface area contributed by atoms with Crippen molar-refractivity contribution >= 4 is 28.2 Å². The summed E-state index contributed by atoms with van der Waals surface area (Å²) in [6, 6.07) is 9.10. The lowest BCUT2D eigenvalue weighted by molar-refractivity contribution is 0.550. The quantitative estimate of drug-likeness (QED) is 0.577. The first-order valence-electron chi connectivity index (χ1n) is 7.96. The van der Waals surface area contributed by atoms with E-state index in [2.05, 4.69) is 36.2 Å². The minimum atomic E-state index is 0.515. The van der Waals surface area contributed by atoms with E-state index in [4.69, 9.17) is 16.6 Å². The van der Waals surface area contributed by atoms with Crippen molar-refractivity contribution in [3.8, 4) is 0 Å². The van der Waals surface area contributed by atoms with Gasteiger partial charge in [-0.05, 0) is 23.8 Å². The summed E-state index contributed by atoms with van der Waals surface area (Å²) >= 11 is 6.05. The standard InChI is InChI=1S/C18H23ClN2/c1-21(15-8-4-2-3-5-9-15)18-17-11-7-6-10-16(17)14(12-19)13-20-18/h6-7,10-11,13,15H,2-5,8-9,12H2,1H3. The largest absolute Gasteiger partial charge is 0.356 e. The number of hydrogen-bond acceptors (Lipinski definition) is 2. The first kappa shape index (κ1) is 14.6. The zero-order valence-corrected chi connectivity index (χ0v) is 13.4. The van der Waals surface area contributed by atoms with Crippen LogP contribution in [-0.2, 0) is 5.88 Å². The van der Waals surface area contributed by atoms with E-state index in [1.165, 1.54) is 49.3 Å². The highest BCUT2D eigenvalue weighted by Gasteiger charge is 2.20. The summed E-state index contributed by atoms with van der Waals surface area (Å²) in [5.41, 5.74) is 1.12. The number of pyridine rings is 1. The van der Waals surface area contributed by atoms with Crippen LogP contribution in [-0.4, -0.2) is 18.1 Å². The van der Waals surface area contributed by atoms with Gasteiger partial charge >= 0.3 is 0 Å². The fourth-order valence-electron chi connectivity index (χ4n) is 3.44. The summed E-state index contributed by atoms with van der Waals surface area (Å²) in [7, 11) is 2.20. The van der Waals surface area contributed by atoms with Gasteiger partial charge in [-0.3, -0.25) is 0 Å². The maximum Gasteiger partial charge on any atom is 0.136 e. The average Bonchev–Trinajstić information content (AvgIpc) is 2.82. The van der Waals surface area contributed by atoms with E-state index in [0.29, 0.717) is 11.9 Å². The van der Waals surface area contributed by atoms with Gasteiger partial charge in [0.25, 0.3) is 0 Å². The van der Waals surface area contributed by atoms with Gasteiger partial charge in [0.05, 0.1) is 0 Å². The Morgan fingerprint density at radius 3 is 2.43 bits per heavy atom. The van der Waals surface area contributed by atoms with Crippen molar-refractivity contribution in [1.82, 2.24) is 4.98 Å². The summed E-state index contributed by atoms with van der Waals surface area (Å²) in [6.45, 7) is 0. The van der Waals surface area contributed by atoms with Crippen LogP contribution in [0.15, 0.2) is 30.5 Å². The minimum Gasteiger partial charge on any atom is -0.356 e. The maximum absolute atomic E-state index is 6.05. The van der Waals surface area contributed by atoms with Crippen molar-refractivity contribution in [2.24, 2.45) is 0 Å². The number of nitrogens with zero attached hydrogens (tertiary/aromatic N) is 2. The Hall–Kier alpha value is -1.28. The lowest BCUT2D eigenvalue weighted by Crippen LogP contribution is -2.32. The zero-order chi connectivity index (χ0) is 14.7. The third-order valence-corrected chi connectivity index (χ3v) is 4.99. The summed E-state index contributed by atoms with van der Waals surface area (Å²) in [5, 5.41) is 2.46. The molecule has 0 saturated heterocycles. The van der Waals surface area contributed by atoms with E-state index in [1.54, 1.807) is 0 Å². The second kappa shape index (κ2) is 6.65.